The van der Waals surface area contributed by atoms with Gasteiger partial charge < -0.3 is 15.0 Å². The molecule has 1 saturated heterocycles. The highest BCUT2D eigenvalue weighted by Gasteiger charge is 2.35. The van der Waals surface area contributed by atoms with Crippen LogP contribution in [-0.2, 0) is 16.7 Å². The van der Waals surface area contributed by atoms with Crippen LogP contribution in [0.1, 0.15) is 37.9 Å². The zero-order chi connectivity index (χ0) is 10.7. The van der Waals surface area contributed by atoms with Crippen molar-refractivity contribution >= 4 is 0 Å². The standard InChI is InChI=1S/C10H17N3O2/c1-2-3-8-12-9(15-13-8)10(11)4-6-14-7-5-10/h2-7,11H2,1H3. The predicted octanol–water partition coefficient (Wildman–Crippen LogP) is 0.987. The Kier molecular flexibility index (Phi) is 3.02. The van der Waals surface area contributed by atoms with Gasteiger partial charge in [0.2, 0.25) is 5.89 Å². The van der Waals surface area contributed by atoms with Crippen LogP contribution in [0, 0.1) is 0 Å². The van der Waals surface area contributed by atoms with Crippen molar-refractivity contribution in [2.24, 2.45) is 5.73 Å². The number of hydrogen-bond acceptors (Lipinski definition) is 5. The summed E-state index contributed by atoms with van der Waals surface area (Å²) in [5.41, 5.74) is 5.74. The van der Waals surface area contributed by atoms with E-state index in [0.29, 0.717) is 19.1 Å². The molecule has 0 spiro atoms. The number of nitrogens with two attached hydrogens (primary N) is 1. The Morgan fingerprint density at radius 2 is 2.13 bits per heavy atom. The Labute approximate surface area is 89.0 Å². The number of nitrogens with zero attached hydrogens (tertiary/aromatic N) is 2. The van der Waals surface area contributed by atoms with Crippen LogP contribution in [0.3, 0.4) is 0 Å². The van der Waals surface area contributed by atoms with Crippen LogP contribution in [0.5, 0.6) is 0 Å². The summed E-state index contributed by atoms with van der Waals surface area (Å²) >= 11 is 0. The molecule has 2 rings (SSSR count). The first kappa shape index (κ1) is 10.6. The van der Waals surface area contributed by atoms with Gasteiger partial charge in [-0.2, -0.15) is 4.98 Å². The van der Waals surface area contributed by atoms with Gasteiger partial charge in [0.15, 0.2) is 5.82 Å². The van der Waals surface area contributed by atoms with Crippen LogP contribution in [0.4, 0.5) is 0 Å². The number of rotatable bonds is 3. The minimum Gasteiger partial charge on any atom is -0.381 e. The average Bonchev–Trinajstić information content (AvgIpc) is 2.69. The zero-order valence-corrected chi connectivity index (χ0v) is 9.03. The quantitative estimate of drug-likeness (QED) is 0.806. The second-order valence-electron chi connectivity index (χ2n) is 4.03. The molecule has 0 radical (unpaired) electrons. The summed E-state index contributed by atoms with van der Waals surface area (Å²) in [6.07, 6.45) is 3.36. The van der Waals surface area contributed by atoms with Gasteiger partial charge in [0, 0.05) is 19.6 Å². The van der Waals surface area contributed by atoms with Gasteiger partial charge in [-0.1, -0.05) is 12.1 Å². The summed E-state index contributed by atoms with van der Waals surface area (Å²) in [4.78, 5) is 4.34. The lowest BCUT2D eigenvalue weighted by molar-refractivity contribution is 0.0400. The molecule has 1 aromatic heterocycles. The third-order valence-electron chi connectivity index (χ3n) is 2.75. The van der Waals surface area contributed by atoms with Gasteiger partial charge in [0.25, 0.3) is 0 Å². The van der Waals surface area contributed by atoms with Crippen molar-refractivity contribution in [2.75, 3.05) is 13.2 Å². The lowest BCUT2D eigenvalue weighted by Gasteiger charge is -2.29. The molecule has 0 aliphatic carbocycles. The fraction of sp³-hybridized carbons (Fsp3) is 0.800. The van der Waals surface area contributed by atoms with Crippen LogP contribution >= 0.6 is 0 Å². The normalized spacial score (nSPS) is 20.4. The molecule has 0 aromatic carbocycles. The molecular formula is C10H17N3O2. The molecule has 2 N–H and O–H groups in total. The molecule has 5 nitrogen and oxygen atoms in total. The van der Waals surface area contributed by atoms with Gasteiger partial charge in [-0.15, -0.1) is 0 Å². The van der Waals surface area contributed by atoms with Gasteiger partial charge in [-0.25, -0.2) is 0 Å². The van der Waals surface area contributed by atoms with Gasteiger partial charge in [0.05, 0.1) is 0 Å². The van der Waals surface area contributed by atoms with Crippen LogP contribution in [-0.4, -0.2) is 23.4 Å². The lowest BCUT2D eigenvalue weighted by Crippen LogP contribution is -2.42. The Balaban J connectivity index is 2.12. The molecule has 0 saturated carbocycles. The highest BCUT2D eigenvalue weighted by molar-refractivity contribution is 5.03. The lowest BCUT2D eigenvalue weighted by atomic mass is 9.91. The largest absolute Gasteiger partial charge is 0.381 e. The first-order valence-electron chi connectivity index (χ1n) is 5.44. The van der Waals surface area contributed by atoms with E-state index in [2.05, 4.69) is 17.1 Å². The van der Waals surface area contributed by atoms with Crippen LogP contribution < -0.4 is 5.73 Å². The topological polar surface area (TPSA) is 74.2 Å². The average molecular weight is 211 g/mol. The van der Waals surface area contributed by atoms with E-state index in [-0.39, 0.29) is 0 Å². The molecule has 5 heteroatoms. The van der Waals surface area contributed by atoms with Crippen molar-refractivity contribution in [1.29, 1.82) is 0 Å². The molecule has 1 fully saturated rings. The van der Waals surface area contributed by atoms with Crippen LogP contribution in [0.25, 0.3) is 0 Å². The summed E-state index contributed by atoms with van der Waals surface area (Å²) in [5, 5.41) is 3.92. The van der Waals surface area contributed by atoms with E-state index in [1.54, 1.807) is 0 Å². The van der Waals surface area contributed by atoms with E-state index < -0.39 is 5.54 Å². The van der Waals surface area contributed by atoms with Crippen molar-refractivity contribution in [3.05, 3.63) is 11.7 Å². The second kappa shape index (κ2) is 4.28. The summed E-state index contributed by atoms with van der Waals surface area (Å²) < 4.78 is 10.5. The Bertz CT molecular complexity index is 318. The molecule has 0 atom stereocenters. The highest BCUT2D eigenvalue weighted by Crippen LogP contribution is 2.27. The van der Waals surface area contributed by atoms with Gasteiger partial charge >= 0.3 is 0 Å². The summed E-state index contributed by atoms with van der Waals surface area (Å²) in [6, 6.07) is 0. The summed E-state index contributed by atoms with van der Waals surface area (Å²) in [5.74, 6) is 1.32. The highest BCUT2D eigenvalue weighted by atomic mass is 16.5. The molecular weight excluding hydrogens is 194 g/mol. The first-order valence-corrected chi connectivity index (χ1v) is 5.44. The van der Waals surface area contributed by atoms with Crippen molar-refractivity contribution < 1.29 is 9.26 Å². The Morgan fingerprint density at radius 1 is 1.40 bits per heavy atom. The number of hydrogen-bond donors (Lipinski definition) is 1. The maximum Gasteiger partial charge on any atom is 0.246 e. The monoisotopic (exact) mass is 211 g/mol. The molecule has 0 bridgehead atoms. The smallest absolute Gasteiger partial charge is 0.246 e. The molecule has 1 aliphatic rings. The molecule has 1 aliphatic heterocycles. The number of aryl methyl sites for hydroxylation is 1. The van der Waals surface area contributed by atoms with E-state index in [0.717, 1.165) is 31.5 Å². The van der Waals surface area contributed by atoms with Crippen LogP contribution in [0.2, 0.25) is 0 Å². The molecule has 1 aromatic rings. The third kappa shape index (κ3) is 2.18. The molecule has 84 valence electrons. The number of aromatic nitrogens is 2. The fourth-order valence-electron chi connectivity index (χ4n) is 1.73. The van der Waals surface area contributed by atoms with E-state index in [1.807, 2.05) is 0 Å². The number of ether oxygens (including phenoxy) is 1. The Morgan fingerprint density at radius 3 is 2.80 bits per heavy atom. The fourth-order valence-corrected chi connectivity index (χ4v) is 1.73. The van der Waals surface area contributed by atoms with Crippen molar-refractivity contribution in [3.8, 4) is 0 Å². The van der Waals surface area contributed by atoms with E-state index in [4.69, 9.17) is 15.0 Å². The van der Waals surface area contributed by atoms with Crippen molar-refractivity contribution in [1.82, 2.24) is 10.1 Å². The molecule has 2 heterocycles. The van der Waals surface area contributed by atoms with Gasteiger partial charge in [-0.3, -0.25) is 0 Å². The van der Waals surface area contributed by atoms with E-state index in [1.165, 1.54) is 0 Å². The minimum atomic E-state index is -0.475. The summed E-state index contributed by atoms with van der Waals surface area (Å²) in [7, 11) is 0. The molecule has 0 unspecified atom stereocenters. The molecule has 0 amide bonds. The van der Waals surface area contributed by atoms with Gasteiger partial charge in [-0.05, 0) is 19.3 Å². The van der Waals surface area contributed by atoms with Crippen LogP contribution in [0.15, 0.2) is 4.52 Å². The zero-order valence-electron chi connectivity index (χ0n) is 9.03. The Hall–Kier alpha value is -0.940. The van der Waals surface area contributed by atoms with E-state index in [9.17, 15) is 0 Å². The van der Waals surface area contributed by atoms with Gasteiger partial charge in [0.1, 0.15) is 5.54 Å². The van der Waals surface area contributed by atoms with Crippen molar-refractivity contribution in [3.63, 3.8) is 0 Å². The van der Waals surface area contributed by atoms with Crippen molar-refractivity contribution in [2.45, 2.75) is 38.1 Å². The molecule has 15 heavy (non-hydrogen) atoms. The summed E-state index contributed by atoms with van der Waals surface area (Å²) in [6.45, 7) is 3.42. The maximum atomic E-state index is 6.21. The SMILES string of the molecule is CCCc1noc(C2(N)CCOCC2)n1. The predicted molar refractivity (Wildman–Crippen MR) is 54.2 cm³/mol. The first-order chi connectivity index (χ1) is 7.24. The second-order valence-corrected chi connectivity index (χ2v) is 4.03. The third-order valence-corrected chi connectivity index (χ3v) is 2.75. The maximum absolute atomic E-state index is 6.21. The minimum absolute atomic E-state index is 0.475. The van der Waals surface area contributed by atoms with E-state index >= 15 is 0 Å².